The summed E-state index contributed by atoms with van der Waals surface area (Å²) in [6.45, 7) is 13.4. The lowest BCUT2D eigenvalue weighted by Gasteiger charge is -2.34. The molecule has 7 heteroatoms. The summed E-state index contributed by atoms with van der Waals surface area (Å²) in [5, 5.41) is 10.3. The van der Waals surface area contributed by atoms with Crippen molar-refractivity contribution in [1.29, 1.82) is 0 Å². The lowest BCUT2D eigenvalue weighted by Crippen LogP contribution is -2.49. The molecule has 0 saturated carbocycles. The minimum absolute atomic E-state index is 0.486. The van der Waals surface area contributed by atoms with E-state index in [1.807, 2.05) is 0 Å². The molecule has 2 saturated heterocycles. The van der Waals surface area contributed by atoms with E-state index < -0.39 is 0 Å². The van der Waals surface area contributed by atoms with E-state index in [-0.39, 0.29) is 0 Å². The number of guanidine groups is 1. The Balaban J connectivity index is 1.45. The Morgan fingerprint density at radius 3 is 2.81 bits per heavy atom. The largest absolute Gasteiger partial charge is 0.381 e. The highest BCUT2D eigenvalue weighted by Crippen LogP contribution is 2.20. The molecule has 1 unspecified atom stereocenters. The van der Waals surface area contributed by atoms with Crippen LogP contribution in [0, 0.1) is 5.92 Å². The summed E-state index contributed by atoms with van der Waals surface area (Å²) in [6, 6.07) is 0.500. The number of rotatable bonds is 7. The summed E-state index contributed by atoms with van der Waals surface area (Å²) in [6.07, 6.45) is 3.57. The maximum absolute atomic E-state index is 5.51. The van der Waals surface area contributed by atoms with E-state index in [2.05, 4.69) is 46.7 Å². The standard InChI is InChI=1S/C20H35N5OS/c1-4-21-20(22-11-18-14-27-19(23-18)15(2)3)24-17-5-8-25(9-6-17)12-16-7-10-26-13-16/h14-17H,4-13H2,1-3H3,(H2,21,22,24). The van der Waals surface area contributed by atoms with Gasteiger partial charge in [-0.1, -0.05) is 13.8 Å². The maximum atomic E-state index is 5.51. The second kappa shape index (κ2) is 10.4. The van der Waals surface area contributed by atoms with Crippen LogP contribution in [0.5, 0.6) is 0 Å². The van der Waals surface area contributed by atoms with Crippen LogP contribution < -0.4 is 10.6 Å². The number of piperidine rings is 1. The van der Waals surface area contributed by atoms with E-state index >= 15 is 0 Å². The van der Waals surface area contributed by atoms with Gasteiger partial charge < -0.3 is 20.3 Å². The highest BCUT2D eigenvalue weighted by Gasteiger charge is 2.24. The second-order valence-corrected chi connectivity index (χ2v) is 8.87. The molecule has 152 valence electrons. The molecule has 2 aliphatic rings. The van der Waals surface area contributed by atoms with Crippen LogP contribution in [0.25, 0.3) is 0 Å². The van der Waals surface area contributed by atoms with Crippen LogP contribution in [0.3, 0.4) is 0 Å². The molecule has 3 heterocycles. The van der Waals surface area contributed by atoms with Gasteiger partial charge in [-0.05, 0) is 32.1 Å². The molecule has 3 rings (SSSR count). The SMILES string of the molecule is CCNC(=NCc1csc(C(C)C)n1)NC1CCN(CC2CCOC2)CC1. The number of aliphatic imine (C=N–C) groups is 1. The molecule has 1 atom stereocenters. The van der Waals surface area contributed by atoms with Crippen LogP contribution in [0.15, 0.2) is 10.4 Å². The van der Waals surface area contributed by atoms with Crippen LogP contribution >= 0.6 is 11.3 Å². The van der Waals surface area contributed by atoms with E-state index in [1.54, 1.807) is 11.3 Å². The third-order valence-corrected chi connectivity index (χ3v) is 6.47. The molecule has 1 aromatic rings. The van der Waals surface area contributed by atoms with Gasteiger partial charge in [0.1, 0.15) is 0 Å². The van der Waals surface area contributed by atoms with Gasteiger partial charge in [0.2, 0.25) is 0 Å². The molecule has 2 aliphatic heterocycles. The first-order valence-corrected chi connectivity index (χ1v) is 11.3. The maximum Gasteiger partial charge on any atom is 0.191 e. The predicted molar refractivity (Wildman–Crippen MR) is 113 cm³/mol. The molecule has 1 aromatic heterocycles. The van der Waals surface area contributed by atoms with E-state index in [0.29, 0.717) is 18.5 Å². The summed E-state index contributed by atoms with van der Waals surface area (Å²) in [4.78, 5) is 12.0. The first-order valence-electron chi connectivity index (χ1n) is 10.4. The van der Waals surface area contributed by atoms with Gasteiger partial charge in [0.15, 0.2) is 5.96 Å². The van der Waals surface area contributed by atoms with Gasteiger partial charge in [-0.25, -0.2) is 9.98 Å². The number of nitrogens with zero attached hydrogens (tertiary/aromatic N) is 3. The Bertz CT molecular complexity index is 589. The van der Waals surface area contributed by atoms with E-state index in [9.17, 15) is 0 Å². The number of thiazole rings is 1. The number of hydrogen-bond acceptors (Lipinski definition) is 5. The van der Waals surface area contributed by atoms with Crippen molar-refractivity contribution in [3.05, 3.63) is 16.1 Å². The zero-order chi connectivity index (χ0) is 19.1. The lowest BCUT2D eigenvalue weighted by molar-refractivity contribution is 0.150. The van der Waals surface area contributed by atoms with Gasteiger partial charge in [-0.3, -0.25) is 0 Å². The Kier molecular flexibility index (Phi) is 7.91. The summed E-state index contributed by atoms with van der Waals surface area (Å²) in [7, 11) is 0. The van der Waals surface area contributed by atoms with Crippen molar-refractivity contribution in [2.24, 2.45) is 10.9 Å². The second-order valence-electron chi connectivity index (χ2n) is 7.98. The van der Waals surface area contributed by atoms with Crippen molar-refractivity contribution in [3.63, 3.8) is 0 Å². The number of likely N-dealkylation sites (tertiary alicyclic amines) is 1. The van der Waals surface area contributed by atoms with Crippen LogP contribution in [0.2, 0.25) is 0 Å². The van der Waals surface area contributed by atoms with Crippen LogP contribution in [0.4, 0.5) is 0 Å². The normalized spacial score (nSPS) is 22.5. The average molecular weight is 394 g/mol. The van der Waals surface area contributed by atoms with Crippen molar-refractivity contribution in [2.75, 3.05) is 39.4 Å². The predicted octanol–water partition coefficient (Wildman–Crippen LogP) is 2.82. The number of hydrogen-bond donors (Lipinski definition) is 2. The highest BCUT2D eigenvalue weighted by molar-refractivity contribution is 7.09. The Labute approximate surface area is 167 Å². The molecule has 0 amide bonds. The van der Waals surface area contributed by atoms with Crippen molar-refractivity contribution in [3.8, 4) is 0 Å². The fourth-order valence-corrected chi connectivity index (χ4v) is 4.51. The minimum Gasteiger partial charge on any atom is -0.381 e. The summed E-state index contributed by atoms with van der Waals surface area (Å²) >= 11 is 1.74. The molecule has 2 N–H and O–H groups in total. The summed E-state index contributed by atoms with van der Waals surface area (Å²) in [5.74, 6) is 2.14. The molecule has 0 spiro atoms. The van der Waals surface area contributed by atoms with Crippen LogP contribution in [-0.4, -0.2) is 61.3 Å². The molecule has 6 nitrogen and oxygen atoms in total. The van der Waals surface area contributed by atoms with Crippen LogP contribution in [0.1, 0.15) is 56.7 Å². The third-order valence-electron chi connectivity index (χ3n) is 5.28. The molecule has 0 bridgehead atoms. The smallest absolute Gasteiger partial charge is 0.191 e. The van der Waals surface area contributed by atoms with Gasteiger partial charge in [0.25, 0.3) is 0 Å². The number of ether oxygens (including phenoxy) is 1. The van der Waals surface area contributed by atoms with Gasteiger partial charge in [0, 0.05) is 50.1 Å². The Morgan fingerprint density at radius 2 is 2.19 bits per heavy atom. The monoisotopic (exact) mass is 393 g/mol. The van der Waals surface area contributed by atoms with Crippen molar-refractivity contribution in [2.45, 2.75) is 58.5 Å². The molecule has 2 fully saturated rings. The average Bonchev–Trinajstić information content (AvgIpc) is 3.33. The summed E-state index contributed by atoms with van der Waals surface area (Å²) in [5.41, 5.74) is 1.06. The zero-order valence-corrected chi connectivity index (χ0v) is 17.9. The molecule has 0 aromatic carbocycles. The third kappa shape index (κ3) is 6.43. The van der Waals surface area contributed by atoms with Gasteiger partial charge >= 0.3 is 0 Å². The molecular weight excluding hydrogens is 358 g/mol. The van der Waals surface area contributed by atoms with Crippen molar-refractivity contribution >= 4 is 17.3 Å². The molecule has 0 radical (unpaired) electrons. The Hall–Kier alpha value is -1.18. The lowest BCUT2D eigenvalue weighted by atomic mass is 10.0. The fourth-order valence-electron chi connectivity index (χ4n) is 3.69. The van der Waals surface area contributed by atoms with Gasteiger partial charge in [-0.2, -0.15) is 0 Å². The summed E-state index contributed by atoms with van der Waals surface area (Å²) < 4.78 is 5.51. The van der Waals surface area contributed by atoms with Gasteiger partial charge in [0.05, 0.1) is 23.9 Å². The fraction of sp³-hybridized carbons (Fsp3) is 0.800. The van der Waals surface area contributed by atoms with E-state index in [4.69, 9.17) is 9.73 Å². The first-order chi connectivity index (χ1) is 13.1. The van der Waals surface area contributed by atoms with E-state index in [0.717, 1.165) is 50.4 Å². The quantitative estimate of drug-likeness (QED) is 0.551. The first kappa shape index (κ1) is 20.6. The van der Waals surface area contributed by atoms with Crippen molar-refractivity contribution < 1.29 is 4.74 Å². The number of nitrogens with one attached hydrogen (secondary N) is 2. The van der Waals surface area contributed by atoms with Crippen molar-refractivity contribution in [1.82, 2.24) is 20.5 Å². The zero-order valence-electron chi connectivity index (χ0n) is 17.0. The molecule has 0 aliphatic carbocycles. The van der Waals surface area contributed by atoms with E-state index in [1.165, 1.54) is 30.8 Å². The molecule has 27 heavy (non-hydrogen) atoms. The Morgan fingerprint density at radius 1 is 1.37 bits per heavy atom. The van der Waals surface area contributed by atoms with Crippen LogP contribution in [-0.2, 0) is 11.3 Å². The van der Waals surface area contributed by atoms with Gasteiger partial charge in [-0.15, -0.1) is 11.3 Å². The topological polar surface area (TPSA) is 61.8 Å². The highest BCUT2D eigenvalue weighted by atomic mass is 32.1. The minimum atomic E-state index is 0.486. The number of aromatic nitrogens is 1. The molecular formula is C20H35N5OS.